The fourth-order valence-corrected chi connectivity index (χ4v) is 1.97. The van der Waals surface area contributed by atoms with Gasteiger partial charge in [0.2, 0.25) is 0 Å². The Bertz CT molecular complexity index is 223. The van der Waals surface area contributed by atoms with Crippen LogP contribution in [-0.4, -0.2) is 26.6 Å². The first-order valence-corrected chi connectivity index (χ1v) is 8.33. The summed E-state index contributed by atoms with van der Waals surface area (Å²) < 4.78 is 5.98. The SMILES string of the molecule is C#CC[C@@H](CO)CO[Si](C)(C)C(C)(C)C. The Hall–Kier alpha value is -0.303. The Balaban J connectivity index is 4.20. The highest BCUT2D eigenvalue weighted by Gasteiger charge is 2.37. The molecule has 0 aliphatic rings. The second-order valence-electron chi connectivity index (χ2n) is 5.53. The van der Waals surface area contributed by atoms with E-state index in [1.54, 1.807) is 0 Å². The van der Waals surface area contributed by atoms with E-state index < -0.39 is 8.32 Å². The lowest BCUT2D eigenvalue weighted by Crippen LogP contribution is -2.42. The molecule has 0 aromatic rings. The first-order chi connectivity index (χ1) is 6.74. The summed E-state index contributed by atoms with van der Waals surface area (Å²) in [4.78, 5) is 0. The third-order valence-electron chi connectivity index (χ3n) is 3.15. The van der Waals surface area contributed by atoms with Crippen molar-refractivity contribution >= 4 is 8.32 Å². The lowest BCUT2D eigenvalue weighted by Gasteiger charge is -2.37. The second kappa shape index (κ2) is 5.69. The number of rotatable bonds is 5. The van der Waals surface area contributed by atoms with Gasteiger partial charge in [0, 0.05) is 25.6 Å². The van der Waals surface area contributed by atoms with E-state index in [0.29, 0.717) is 13.0 Å². The highest BCUT2D eigenvalue weighted by molar-refractivity contribution is 6.74. The van der Waals surface area contributed by atoms with Gasteiger partial charge in [-0.1, -0.05) is 20.8 Å². The van der Waals surface area contributed by atoms with Crippen LogP contribution in [0.5, 0.6) is 0 Å². The standard InChI is InChI=1S/C12H24O2Si/c1-7-8-11(9-13)10-14-15(5,6)12(2,3)4/h1,11,13H,8-10H2,2-6H3/t11-/m0/s1. The molecule has 0 saturated carbocycles. The van der Waals surface area contributed by atoms with Crippen molar-refractivity contribution < 1.29 is 9.53 Å². The zero-order chi connectivity index (χ0) is 12.1. The van der Waals surface area contributed by atoms with Crippen LogP contribution in [0.2, 0.25) is 18.1 Å². The normalized spacial score (nSPS) is 14.7. The summed E-state index contributed by atoms with van der Waals surface area (Å²) in [7, 11) is -1.69. The molecular weight excluding hydrogens is 204 g/mol. The minimum Gasteiger partial charge on any atom is -0.416 e. The zero-order valence-corrected chi connectivity index (χ0v) is 11.6. The average molecular weight is 228 g/mol. The van der Waals surface area contributed by atoms with E-state index in [2.05, 4.69) is 39.8 Å². The number of terminal acetylenes is 1. The van der Waals surface area contributed by atoms with Gasteiger partial charge < -0.3 is 9.53 Å². The molecule has 3 heteroatoms. The van der Waals surface area contributed by atoms with Gasteiger partial charge in [0.1, 0.15) is 0 Å². The fraction of sp³-hybridized carbons (Fsp3) is 0.833. The molecule has 0 amide bonds. The molecule has 1 atom stereocenters. The van der Waals surface area contributed by atoms with Crippen LogP contribution in [0.25, 0.3) is 0 Å². The largest absolute Gasteiger partial charge is 0.416 e. The van der Waals surface area contributed by atoms with E-state index in [4.69, 9.17) is 16.0 Å². The molecule has 0 aliphatic carbocycles. The van der Waals surface area contributed by atoms with Gasteiger partial charge in [-0.15, -0.1) is 12.3 Å². The molecule has 2 nitrogen and oxygen atoms in total. The predicted octanol–water partition coefficient (Wildman–Crippen LogP) is 2.64. The van der Waals surface area contributed by atoms with Crippen LogP contribution in [0.3, 0.4) is 0 Å². The third kappa shape index (κ3) is 4.83. The molecule has 0 rings (SSSR count). The Morgan fingerprint density at radius 2 is 1.93 bits per heavy atom. The van der Waals surface area contributed by atoms with Crippen LogP contribution in [0.4, 0.5) is 0 Å². The van der Waals surface area contributed by atoms with E-state index >= 15 is 0 Å². The predicted molar refractivity (Wildman–Crippen MR) is 67.2 cm³/mol. The molecule has 0 aromatic heterocycles. The summed E-state index contributed by atoms with van der Waals surface area (Å²) in [6, 6.07) is 0. The molecule has 0 saturated heterocycles. The number of aliphatic hydroxyl groups excluding tert-OH is 1. The van der Waals surface area contributed by atoms with Crippen molar-refractivity contribution in [3.63, 3.8) is 0 Å². The van der Waals surface area contributed by atoms with E-state index in [1.165, 1.54) is 0 Å². The zero-order valence-electron chi connectivity index (χ0n) is 10.6. The molecule has 0 radical (unpaired) electrons. The van der Waals surface area contributed by atoms with Crippen LogP contribution in [-0.2, 0) is 4.43 Å². The van der Waals surface area contributed by atoms with Crippen LogP contribution in [0.15, 0.2) is 0 Å². The van der Waals surface area contributed by atoms with Gasteiger partial charge in [0.15, 0.2) is 8.32 Å². The van der Waals surface area contributed by atoms with Gasteiger partial charge >= 0.3 is 0 Å². The number of hydrogen-bond donors (Lipinski definition) is 1. The quantitative estimate of drug-likeness (QED) is 0.579. The topological polar surface area (TPSA) is 29.5 Å². The van der Waals surface area contributed by atoms with Gasteiger partial charge in [0.25, 0.3) is 0 Å². The van der Waals surface area contributed by atoms with Crippen LogP contribution in [0.1, 0.15) is 27.2 Å². The fourth-order valence-electron chi connectivity index (χ4n) is 0.886. The Kier molecular flexibility index (Phi) is 5.58. The number of aliphatic hydroxyl groups is 1. The lowest BCUT2D eigenvalue weighted by molar-refractivity contribution is 0.156. The van der Waals surface area contributed by atoms with Crippen molar-refractivity contribution in [1.29, 1.82) is 0 Å². The molecule has 0 aliphatic heterocycles. The highest BCUT2D eigenvalue weighted by atomic mass is 28.4. The summed E-state index contributed by atoms with van der Waals surface area (Å²) >= 11 is 0. The minimum atomic E-state index is -1.69. The molecule has 88 valence electrons. The summed E-state index contributed by atoms with van der Waals surface area (Å²) in [5.41, 5.74) is 0. The smallest absolute Gasteiger partial charge is 0.191 e. The summed E-state index contributed by atoms with van der Waals surface area (Å²) in [5, 5.41) is 9.31. The summed E-state index contributed by atoms with van der Waals surface area (Å²) in [6.45, 7) is 11.7. The van der Waals surface area contributed by atoms with Crippen molar-refractivity contribution in [1.82, 2.24) is 0 Å². The monoisotopic (exact) mass is 228 g/mol. The van der Waals surface area contributed by atoms with Gasteiger partial charge in [-0.25, -0.2) is 0 Å². The molecule has 15 heavy (non-hydrogen) atoms. The van der Waals surface area contributed by atoms with Crippen molar-refractivity contribution in [2.75, 3.05) is 13.2 Å². The third-order valence-corrected chi connectivity index (χ3v) is 7.65. The molecule has 0 bridgehead atoms. The van der Waals surface area contributed by atoms with Gasteiger partial charge in [-0.3, -0.25) is 0 Å². The van der Waals surface area contributed by atoms with E-state index in [9.17, 15) is 0 Å². The summed E-state index contributed by atoms with van der Waals surface area (Å²) in [5.74, 6) is 2.66. The Morgan fingerprint density at radius 3 is 2.27 bits per heavy atom. The molecule has 0 aromatic carbocycles. The lowest BCUT2D eigenvalue weighted by atomic mass is 10.1. The molecule has 1 N–H and O–H groups in total. The maximum absolute atomic E-state index is 9.10. The van der Waals surface area contributed by atoms with Gasteiger partial charge in [-0.2, -0.15) is 0 Å². The van der Waals surface area contributed by atoms with Crippen molar-refractivity contribution in [2.24, 2.45) is 5.92 Å². The molecular formula is C12H24O2Si. The Labute approximate surface area is 95.2 Å². The molecule has 0 unspecified atom stereocenters. The molecule has 0 heterocycles. The van der Waals surface area contributed by atoms with E-state index in [1.807, 2.05) is 0 Å². The van der Waals surface area contributed by atoms with Crippen LogP contribution >= 0.6 is 0 Å². The Morgan fingerprint density at radius 1 is 1.40 bits per heavy atom. The van der Waals surface area contributed by atoms with Crippen LogP contribution in [0, 0.1) is 18.3 Å². The highest BCUT2D eigenvalue weighted by Crippen LogP contribution is 2.36. The average Bonchev–Trinajstić information content (AvgIpc) is 2.10. The van der Waals surface area contributed by atoms with Gasteiger partial charge in [0.05, 0.1) is 0 Å². The maximum atomic E-state index is 9.10. The van der Waals surface area contributed by atoms with Crippen molar-refractivity contribution in [3.8, 4) is 12.3 Å². The summed E-state index contributed by atoms with van der Waals surface area (Å²) in [6.07, 6.45) is 5.81. The first-order valence-electron chi connectivity index (χ1n) is 5.43. The molecule has 0 spiro atoms. The van der Waals surface area contributed by atoms with E-state index in [0.717, 1.165) is 0 Å². The van der Waals surface area contributed by atoms with Crippen molar-refractivity contribution in [3.05, 3.63) is 0 Å². The van der Waals surface area contributed by atoms with E-state index in [-0.39, 0.29) is 17.6 Å². The van der Waals surface area contributed by atoms with Crippen LogP contribution < -0.4 is 0 Å². The molecule has 0 fully saturated rings. The number of hydrogen-bond acceptors (Lipinski definition) is 2. The maximum Gasteiger partial charge on any atom is 0.191 e. The van der Waals surface area contributed by atoms with Crippen molar-refractivity contribution in [2.45, 2.75) is 45.3 Å². The second-order valence-corrected chi connectivity index (χ2v) is 10.3. The van der Waals surface area contributed by atoms with Gasteiger partial charge in [-0.05, 0) is 18.1 Å². The minimum absolute atomic E-state index is 0.0872. The first kappa shape index (κ1) is 14.7.